The van der Waals surface area contributed by atoms with Gasteiger partial charge in [-0.15, -0.1) is 0 Å². The monoisotopic (exact) mass is 567 g/mol. The molecule has 0 aliphatic carbocycles. The maximum Gasteiger partial charge on any atom is 0.255 e. The molecule has 1 N–H and O–H groups in total. The zero-order chi connectivity index (χ0) is 27.2. The van der Waals surface area contributed by atoms with Gasteiger partial charge in [0.05, 0.1) is 42.2 Å². The van der Waals surface area contributed by atoms with Gasteiger partial charge in [-0.2, -0.15) is 8.61 Å². The van der Waals surface area contributed by atoms with Crippen LogP contribution in [0.3, 0.4) is 0 Å². The summed E-state index contributed by atoms with van der Waals surface area (Å²) in [5, 5.41) is 2.71. The van der Waals surface area contributed by atoms with Crippen molar-refractivity contribution in [3.63, 3.8) is 0 Å². The summed E-state index contributed by atoms with van der Waals surface area (Å²) in [6.07, 6.45) is 2.63. The summed E-state index contributed by atoms with van der Waals surface area (Å²) in [4.78, 5) is 13.1. The minimum absolute atomic E-state index is 0.0497. The SMILES string of the molecule is COc1ccc(S(=O)(=O)N2CCCCC2)cc1C(=O)NCCOc1ccc(S(=O)(=O)N2CCOCC2)cc1. The lowest BCUT2D eigenvalue weighted by Crippen LogP contribution is -2.40. The van der Waals surface area contributed by atoms with E-state index in [0.29, 0.717) is 45.1 Å². The highest BCUT2D eigenvalue weighted by Gasteiger charge is 2.28. The van der Waals surface area contributed by atoms with E-state index in [-0.39, 0.29) is 34.3 Å². The minimum Gasteiger partial charge on any atom is -0.496 e. The van der Waals surface area contributed by atoms with E-state index in [1.807, 2.05) is 0 Å². The number of ether oxygens (including phenoxy) is 3. The Kier molecular flexibility index (Phi) is 9.26. The van der Waals surface area contributed by atoms with Crippen molar-refractivity contribution in [1.82, 2.24) is 13.9 Å². The van der Waals surface area contributed by atoms with Gasteiger partial charge in [-0.3, -0.25) is 4.79 Å². The van der Waals surface area contributed by atoms with E-state index >= 15 is 0 Å². The Morgan fingerprint density at radius 3 is 2.13 bits per heavy atom. The Balaban J connectivity index is 1.34. The van der Waals surface area contributed by atoms with Gasteiger partial charge in [0.25, 0.3) is 5.91 Å². The molecular formula is C25H33N3O8S2. The molecule has 2 aromatic carbocycles. The van der Waals surface area contributed by atoms with Gasteiger partial charge in [0, 0.05) is 26.2 Å². The highest BCUT2D eigenvalue weighted by atomic mass is 32.2. The van der Waals surface area contributed by atoms with Crippen LogP contribution in [0.15, 0.2) is 52.3 Å². The van der Waals surface area contributed by atoms with E-state index in [0.717, 1.165) is 19.3 Å². The smallest absolute Gasteiger partial charge is 0.255 e. The second kappa shape index (κ2) is 12.4. The van der Waals surface area contributed by atoms with Crippen LogP contribution < -0.4 is 14.8 Å². The number of piperidine rings is 1. The number of hydrogen-bond donors (Lipinski definition) is 1. The predicted octanol–water partition coefficient (Wildman–Crippen LogP) is 1.70. The number of sulfonamides is 2. The lowest BCUT2D eigenvalue weighted by molar-refractivity contribution is 0.0730. The Morgan fingerprint density at radius 1 is 0.868 bits per heavy atom. The van der Waals surface area contributed by atoms with E-state index < -0.39 is 26.0 Å². The number of amides is 1. The normalized spacial score (nSPS) is 17.6. The van der Waals surface area contributed by atoms with Crippen LogP contribution in [-0.4, -0.2) is 91.0 Å². The molecule has 0 unspecified atom stereocenters. The van der Waals surface area contributed by atoms with Crippen molar-refractivity contribution in [3.8, 4) is 11.5 Å². The van der Waals surface area contributed by atoms with Crippen molar-refractivity contribution in [3.05, 3.63) is 48.0 Å². The van der Waals surface area contributed by atoms with E-state index in [9.17, 15) is 21.6 Å². The maximum absolute atomic E-state index is 13.0. The van der Waals surface area contributed by atoms with Crippen LogP contribution in [-0.2, 0) is 24.8 Å². The van der Waals surface area contributed by atoms with Crippen LogP contribution in [0.25, 0.3) is 0 Å². The number of hydrogen-bond acceptors (Lipinski definition) is 8. The summed E-state index contributed by atoms with van der Waals surface area (Å²) < 4.78 is 70.5. The Labute approximate surface area is 223 Å². The largest absolute Gasteiger partial charge is 0.496 e. The first-order chi connectivity index (χ1) is 18.2. The van der Waals surface area contributed by atoms with Gasteiger partial charge in [-0.1, -0.05) is 6.42 Å². The van der Waals surface area contributed by atoms with Crippen LogP contribution in [0.1, 0.15) is 29.6 Å². The van der Waals surface area contributed by atoms with Crippen molar-refractivity contribution in [1.29, 1.82) is 0 Å². The summed E-state index contributed by atoms with van der Waals surface area (Å²) in [5.41, 5.74) is 0.114. The van der Waals surface area contributed by atoms with Gasteiger partial charge in [0.2, 0.25) is 20.0 Å². The fourth-order valence-corrected chi connectivity index (χ4v) is 7.30. The number of carbonyl (C=O) groups is 1. The molecule has 38 heavy (non-hydrogen) atoms. The van der Waals surface area contributed by atoms with Crippen molar-refractivity contribution in [2.75, 3.05) is 59.7 Å². The lowest BCUT2D eigenvalue weighted by atomic mass is 10.2. The summed E-state index contributed by atoms with van der Waals surface area (Å²) >= 11 is 0. The van der Waals surface area contributed by atoms with Crippen molar-refractivity contribution in [2.45, 2.75) is 29.1 Å². The van der Waals surface area contributed by atoms with Gasteiger partial charge < -0.3 is 19.5 Å². The highest BCUT2D eigenvalue weighted by Crippen LogP contribution is 2.26. The fourth-order valence-electron chi connectivity index (χ4n) is 4.35. The third kappa shape index (κ3) is 6.46. The predicted molar refractivity (Wildman–Crippen MR) is 139 cm³/mol. The highest BCUT2D eigenvalue weighted by molar-refractivity contribution is 7.89. The van der Waals surface area contributed by atoms with Crippen LogP contribution in [0.2, 0.25) is 0 Å². The Morgan fingerprint density at radius 2 is 1.47 bits per heavy atom. The third-order valence-electron chi connectivity index (χ3n) is 6.46. The van der Waals surface area contributed by atoms with Gasteiger partial charge in [0.15, 0.2) is 0 Å². The molecule has 0 radical (unpaired) electrons. The van der Waals surface area contributed by atoms with E-state index in [2.05, 4.69) is 5.32 Å². The van der Waals surface area contributed by atoms with E-state index in [4.69, 9.17) is 14.2 Å². The molecule has 0 saturated carbocycles. The second-order valence-corrected chi connectivity index (χ2v) is 12.8. The third-order valence-corrected chi connectivity index (χ3v) is 10.3. The molecule has 208 valence electrons. The van der Waals surface area contributed by atoms with Crippen LogP contribution in [0.5, 0.6) is 11.5 Å². The van der Waals surface area contributed by atoms with Gasteiger partial charge in [0.1, 0.15) is 18.1 Å². The van der Waals surface area contributed by atoms with Gasteiger partial charge >= 0.3 is 0 Å². The summed E-state index contributed by atoms with van der Waals surface area (Å²) in [5.74, 6) is 0.221. The minimum atomic E-state index is -3.70. The molecule has 0 spiro atoms. The quantitative estimate of drug-likeness (QED) is 0.429. The lowest BCUT2D eigenvalue weighted by Gasteiger charge is -2.26. The van der Waals surface area contributed by atoms with E-state index in [1.54, 1.807) is 12.1 Å². The molecule has 2 heterocycles. The standard InChI is InChI=1S/C25H33N3O8S2/c1-34-24-10-9-22(38(32,33)27-12-3-2-4-13-27)19-23(24)25(29)26-11-16-36-20-5-7-21(8-6-20)37(30,31)28-14-17-35-18-15-28/h5-10,19H,2-4,11-18H2,1H3,(H,26,29). The van der Waals surface area contributed by atoms with Crippen LogP contribution >= 0.6 is 0 Å². The first kappa shape index (κ1) is 28.3. The van der Waals surface area contributed by atoms with Gasteiger partial charge in [-0.25, -0.2) is 16.8 Å². The first-order valence-corrected chi connectivity index (χ1v) is 15.4. The number of carbonyl (C=O) groups excluding carboxylic acids is 1. The molecule has 2 aliphatic heterocycles. The Bertz CT molecular complexity index is 1320. The maximum atomic E-state index is 13.0. The number of methoxy groups -OCH3 is 1. The molecule has 11 nitrogen and oxygen atoms in total. The number of morpholine rings is 1. The van der Waals surface area contributed by atoms with Crippen molar-refractivity contribution >= 4 is 26.0 Å². The molecule has 2 fully saturated rings. The summed E-state index contributed by atoms with van der Waals surface area (Å²) in [6, 6.07) is 10.4. The average molecular weight is 568 g/mol. The van der Waals surface area contributed by atoms with E-state index in [1.165, 1.54) is 46.1 Å². The fraction of sp³-hybridized carbons (Fsp3) is 0.480. The molecule has 13 heteroatoms. The van der Waals surface area contributed by atoms with Crippen LogP contribution in [0.4, 0.5) is 0 Å². The zero-order valence-corrected chi connectivity index (χ0v) is 22.9. The molecule has 2 saturated heterocycles. The topological polar surface area (TPSA) is 132 Å². The molecule has 4 rings (SSSR count). The average Bonchev–Trinajstić information content (AvgIpc) is 2.96. The number of nitrogens with one attached hydrogen (secondary N) is 1. The molecule has 2 aliphatic rings. The Hall–Kier alpha value is -2.71. The number of rotatable bonds is 10. The van der Waals surface area contributed by atoms with Crippen molar-refractivity contribution in [2.24, 2.45) is 0 Å². The molecule has 2 aromatic rings. The zero-order valence-electron chi connectivity index (χ0n) is 21.3. The molecule has 1 amide bonds. The summed E-state index contributed by atoms with van der Waals surface area (Å²) in [6.45, 7) is 2.57. The molecule has 0 bridgehead atoms. The molecule has 0 atom stereocenters. The summed E-state index contributed by atoms with van der Waals surface area (Å²) in [7, 11) is -5.88. The molecular weight excluding hydrogens is 534 g/mol. The number of benzene rings is 2. The van der Waals surface area contributed by atoms with Gasteiger partial charge in [-0.05, 0) is 55.3 Å². The molecule has 0 aromatic heterocycles. The van der Waals surface area contributed by atoms with Crippen molar-refractivity contribution < 1.29 is 35.8 Å². The van der Waals surface area contributed by atoms with Crippen LogP contribution in [0, 0.1) is 0 Å². The number of nitrogens with zero attached hydrogens (tertiary/aromatic N) is 2. The first-order valence-electron chi connectivity index (χ1n) is 12.5. The second-order valence-electron chi connectivity index (χ2n) is 8.92.